The number of hydrogen-bond acceptors (Lipinski definition) is 12. The third kappa shape index (κ3) is 8.02. The molecule has 0 aromatic carbocycles. The fourth-order valence-electron chi connectivity index (χ4n) is 1.67. The Kier molecular flexibility index (Phi) is 10.1. The highest BCUT2D eigenvalue weighted by Crippen LogP contribution is 2.20. The molecule has 130 valence electrons. The van der Waals surface area contributed by atoms with Gasteiger partial charge < -0.3 is 19.2 Å². The summed E-state index contributed by atoms with van der Waals surface area (Å²) >= 11 is 0. The molecule has 0 saturated carbocycles. The molecule has 0 aromatic heterocycles. The number of ether oxygens (including phenoxy) is 2. The summed E-state index contributed by atoms with van der Waals surface area (Å²) < 4.78 is 9.81. The van der Waals surface area contributed by atoms with Gasteiger partial charge in [0.2, 0.25) is 0 Å². The molecule has 1 aliphatic heterocycles. The van der Waals surface area contributed by atoms with Crippen molar-refractivity contribution < 1.29 is 19.1 Å². The first-order chi connectivity index (χ1) is 11.2. The summed E-state index contributed by atoms with van der Waals surface area (Å²) in [6.45, 7) is 3.01. The van der Waals surface area contributed by atoms with Crippen molar-refractivity contribution in [3.63, 3.8) is 0 Å². The highest BCUT2D eigenvalue weighted by Gasteiger charge is 2.25. The number of hydrogen-bond donors (Lipinski definition) is 0. The first kappa shape index (κ1) is 19.5. The maximum atomic E-state index is 11.4. The van der Waals surface area contributed by atoms with Gasteiger partial charge in [-0.05, 0) is 12.1 Å². The zero-order chi connectivity index (χ0) is 16.9. The fraction of sp³-hybridized carbons (Fsp3) is 0.818. The van der Waals surface area contributed by atoms with Crippen molar-refractivity contribution in [2.75, 3.05) is 44.4 Å². The molecule has 1 rings (SSSR count). The van der Waals surface area contributed by atoms with E-state index in [1.807, 2.05) is 0 Å². The minimum absolute atomic E-state index is 0.0929. The predicted octanol–water partition coefficient (Wildman–Crippen LogP) is 2.05. The third-order valence-electron chi connectivity index (χ3n) is 2.71. The van der Waals surface area contributed by atoms with Gasteiger partial charge in [-0.3, -0.25) is 4.99 Å². The van der Waals surface area contributed by atoms with Crippen LogP contribution in [0.3, 0.4) is 0 Å². The molecular formula is C11H18N4O6S2. The normalized spacial score (nSPS) is 16.7. The molecule has 1 unspecified atom stereocenters. The van der Waals surface area contributed by atoms with E-state index in [4.69, 9.17) is 9.47 Å². The molecule has 0 aromatic rings. The molecular weight excluding hydrogens is 348 g/mol. The highest BCUT2D eigenvalue weighted by molar-refractivity contribution is 8.76. The van der Waals surface area contributed by atoms with Gasteiger partial charge in [-0.2, -0.15) is 0 Å². The largest absolute Gasteiger partial charge is 0.508 e. The van der Waals surface area contributed by atoms with Crippen LogP contribution in [0.5, 0.6) is 0 Å². The molecule has 0 amide bonds. The Morgan fingerprint density at radius 2 is 1.96 bits per heavy atom. The molecule has 0 aliphatic carbocycles. The van der Waals surface area contributed by atoms with Gasteiger partial charge in [0.15, 0.2) is 11.5 Å². The summed E-state index contributed by atoms with van der Waals surface area (Å²) in [4.78, 5) is 41.7. The van der Waals surface area contributed by atoms with Gasteiger partial charge in [0, 0.05) is 11.5 Å². The molecule has 0 N–H and O–H groups in total. The zero-order valence-electron chi connectivity index (χ0n) is 12.6. The second-order valence-corrected chi connectivity index (χ2v) is 6.87. The lowest BCUT2D eigenvalue weighted by molar-refractivity contribution is 0.0552. The summed E-state index contributed by atoms with van der Waals surface area (Å²) in [5.74, 6) is 1.90. The maximum Gasteiger partial charge on any atom is 0.508 e. The number of nitroso groups, excluding NO2 is 1. The number of nitrogens with zero attached hydrogens (tertiary/aromatic N) is 4. The van der Waals surface area contributed by atoms with Gasteiger partial charge in [0.25, 0.3) is 0 Å². The number of rotatable bonds is 12. The minimum Gasteiger partial charge on any atom is -0.433 e. The molecule has 1 aliphatic rings. The third-order valence-corrected chi connectivity index (χ3v) is 5.05. The Morgan fingerprint density at radius 1 is 1.26 bits per heavy atom. The number of carbonyl (C=O) groups excluding carboxylic acids is 1. The van der Waals surface area contributed by atoms with Crippen molar-refractivity contribution in [1.82, 2.24) is 4.90 Å². The SMILES string of the molecule is CC1=NCC(N=O)N1CCOC(=O)OCCSSCCON=O. The lowest BCUT2D eigenvalue weighted by Gasteiger charge is -2.21. The molecule has 0 fully saturated rings. The quantitative estimate of drug-likeness (QED) is 0.168. The van der Waals surface area contributed by atoms with E-state index in [9.17, 15) is 14.6 Å². The van der Waals surface area contributed by atoms with E-state index in [1.165, 1.54) is 21.6 Å². The Hall–Kier alpha value is -1.56. The molecule has 0 radical (unpaired) electrons. The summed E-state index contributed by atoms with van der Waals surface area (Å²) in [7, 11) is 2.97. The van der Waals surface area contributed by atoms with Crippen molar-refractivity contribution in [2.45, 2.75) is 13.1 Å². The predicted molar refractivity (Wildman–Crippen MR) is 88.2 cm³/mol. The lowest BCUT2D eigenvalue weighted by Crippen LogP contribution is -2.36. The molecule has 0 spiro atoms. The van der Waals surface area contributed by atoms with Crippen molar-refractivity contribution in [1.29, 1.82) is 0 Å². The van der Waals surface area contributed by atoms with Crippen LogP contribution in [0.1, 0.15) is 6.92 Å². The fourth-order valence-corrected chi connectivity index (χ4v) is 3.32. The Bertz CT molecular complexity index is 425. The molecule has 1 heterocycles. The molecule has 10 nitrogen and oxygen atoms in total. The van der Waals surface area contributed by atoms with Crippen LogP contribution in [0.15, 0.2) is 15.5 Å². The summed E-state index contributed by atoms with van der Waals surface area (Å²) in [5.41, 5.74) is 0. The van der Waals surface area contributed by atoms with Crippen LogP contribution in [0.2, 0.25) is 0 Å². The first-order valence-corrected chi connectivity index (χ1v) is 9.26. The minimum atomic E-state index is -0.756. The smallest absolute Gasteiger partial charge is 0.433 e. The average molecular weight is 366 g/mol. The van der Waals surface area contributed by atoms with E-state index >= 15 is 0 Å². The van der Waals surface area contributed by atoms with Crippen LogP contribution in [0, 0.1) is 9.81 Å². The standard InChI is InChI=1S/C11H18N4O6S2/c1-9-12-8-10(13-17)15(9)2-3-19-11(16)20-4-6-22-23-7-5-21-14-18/h10H,2-8H2,1H3. The van der Waals surface area contributed by atoms with E-state index in [0.29, 0.717) is 30.4 Å². The Labute approximate surface area is 141 Å². The van der Waals surface area contributed by atoms with Crippen LogP contribution < -0.4 is 0 Å². The van der Waals surface area contributed by atoms with Crippen molar-refractivity contribution >= 4 is 33.6 Å². The van der Waals surface area contributed by atoms with Crippen LogP contribution in [-0.2, 0) is 14.3 Å². The monoisotopic (exact) mass is 366 g/mol. The van der Waals surface area contributed by atoms with E-state index in [-0.39, 0.29) is 19.8 Å². The number of carbonyl (C=O) groups is 1. The Balaban J connectivity index is 1.99. The number of amidine groups is 1. The van der Waals surface area contributed by atoms with Crippen LogP contribution in [-0.4, -0.2) is 67.5 Å². The highest BCUT2D eigenvalue weighted by atomic mass is 33.1. The Morgan fingerprint density at radius 3 is 2.65 bits per heavy atom. The summed E-state index contributed by atoms with van der Waals surface area (Å²) in [6, 6.07) is 0. The average Bonchev–Trinajstić information content (AvgIpc) is 2.90. The molecule has 1 atom stereocenters. The van der Waals surface area contributed by atoms with Crippen molar-refractivity contribution in [2.24, 2.45) is 15.5 Å². The summed E-state index contributed by atoms with van der Waals surface area (Å²) in [6.07, 6.45) is -1.28. The second kappa shape index (κ2) is 11.9. The van der Waals surface area contributed by atoms with Gasteiger partial charge in [-0.25, -0.2) is 4.79 Å². The van der Waals surface area contributed by atoms with Gasteiger partial charge >= 0.3 is 6.16 Å². The number of aliphatic imine (C=N–C) groups is 1. The van der Waals surface area contributed by atoms with Crippen molar-refractivity contribution in [3.05, 3.63) is 9.81 Å². The lowest BCUT2D eigenvalue weighted by atomic mass is 10.4. The molecule has 0 saturated heterocycles. The van der Waals surface area contributed by atoms with E-state index < -0.39 is 12.3 Å². The van der Waals surface area contributed by atoms with Crippen LogP contribution >= 0.6 is 21.6 Å². The van der Waals surface area contributed by atoms with E-state index in [0.717, 1.165) is 0 Å². The first-order valence-electron chi connectivity index (χ1n) is 6.77. The van der Waals surface area contributed by atoms with E-state index in [1.54, 1.807) is 11.8 Å². The van der Waals surface area contributed by atoms with Gasteiger partial charge in [0.1, 0.15) is 19.8 Å². The van der Waals surface area contributed by atoms with Crippen LogP contribution in [0.4, 0.5) is 4.79 Å². The molecule has 0 bridgehead atoms. The van der Waals surface area contributed by atoms with Gasteiger partial charge in [-0.15, -0.1) is 9.81 Å². The molecule has 12 heteroatoms. The second-order valence-electron chi connectivity index (χ2n) is 4.17. The maximum absolute atomic E-state index is 11.4. The topological polar surface area (TPSA) is 119 Å². The van der Waals surface area contributed by atoms with E-state index in [2.05, 4.69) is 20.3 Å². The zero-order valence-corrected chi connectivity index (χ0v) is 14.2. The van der Waals surface area contributed by atoms with Gasteiger partial charge in [-0.1, -0.05) is 21.6 Å². The van der Waals surface area contributed by atoms with Crippen molar-refractivity contribution in [3.8, 4) is 0 Å². The molecule has 23 heavy (non-hydrogen) atoms. The van der Waals surface area contributed by atoms with Gasteiger partial charge in [0.05, 0.1) is 18.9 Å². The summed E-state index contributed by atoms with van der Waals surface area (Å²) in [5, 5.41) is 5.24. The van der Waals surface area contributed by atoms with Crippen LogP contribution in [0.25, 0.3) is 0 Å².